The van der Waals surface area contributed by atoms with Crippen molar-refractivity contribution in [3.8, 4) is 0 Å². The molecular formula is C50H100CaN2O4. The first kappa shape index (κ1) is 61.4. The zero-order valence-electron chi connectivity index (χ0n) is 39.7. The van der Waals surface area contributed by atoms with Gasteiger partial charge in [-0.1, -0.05) is 208 Å². The summed E-state index contributed by atoms with van der Waals surface area (Å²) in [5.74, 6) is -1.78. The molecule has 0 aromatic rings. The molecule has 336 valence electrons. The number of carboxylic acids is 2. The van der Waals surface area contributed by atoms with Crippen molar-refractivity contribution in [1.29, 1.82) is 0 Å². The number of nitrogens with zero attached hydrogens (tertiary/aromatic N) is 2. The Morgan fingerprint density at radius 2 is 0.544 bits per heavy atom. The van der Waals surface area contributed by atoms with Crippen molar-refractivity contribution in [2.45, 2.75) is 285 Å². The number of aliphatic carboxylic acids is 2. The molecule has 0 fully saturated rings. The molecule has 0 aromatic heterocycles. The molecule has 0 saturated carbocycles. The Kier molecular flexibility index (Phi) is 54.4. The van der Waals surface area contributed by atoms with Gasteiger partial charge in [0.15, 0.2) is 0 Å². The second kappa shape index (κ2) is 50.5. The Hall–Kier alpha value is 0.120. The molecular weight excluding hydrogens is 733 g/mol. The predicted molar refractivity (Wildman–Crippen MR) is 247 cm³/mol. The van der Waals surface area contributed by atoms with Gasteiger partial charge in [-0.15, -0.1) is 0 Å². The normalized spacial score (nSPS) is 12.4. The minimum atomic E-state index is -0.889. The van der Waals surface area contributed by atoms with E-state index in [4.69, 9.17) is 0 Å². The van der Waals surface area contributed by atoms with Gasteiger partial charge in [0, 0.05) is 24.0 Å². The fourth-order valence-electron chi connectivity index (χ4n) is 8.18. The molecule has 0 N–H and O–H groups in total. The van der Waals surface area contributed by atoms with Crippen LogP contribution in [0.5, 0.6) is 0 Å². The molecule has 6 nitrogen and oxygen atoms in total. The number of unbranched alkanes of at least 4 members (excludes halogenated alkanes) is 24. The maximum Gasteiger partial charge on any atom is 2.00 e. The number of carbonyl (C=O) groups is 2. The van der Waals surface area contributed by atoms with Crippen molar-refractivity contribution in [1.82, 2.24) is 9.80 Å². The van der Waals surface area contributed by atoms with Crippen molar-refractivity contribution >= 4 is 49.7 Å². The summed E-state index contributed by atoms with van der Waals surface area (Å²) in [6.07, 6.45) is 43.4. The second-order valence-corrected chi connectivity index (χ2v) is 17.3. The van der Waals surface area contributed by atoms with Crippen molar-refractivity contribution in [3.63, 3.8) is 0 Å². The van der Waals surface area contributed by atoms with E-state index in [2.05, 4.69) is 51.3 Å². The number of carboxylic acid groups (broad SMARTS) is 2. The van der Waals surface area contributed by atoms with Crippen LogP contribution in [0, 0.1) is 0 Å². The molecule has 0 aliphatic carbocycles. The Labute approximate surface area is 387 Å². The molecule has 0 radical (unpaired) electrons. The van der Waals surface area contributed by atoms with E-state index in [0.717, 1.165) is 51.9 Å². The van der Waals surface area contributed by atoms with Crippen LogP contribution in [0.25, 0.3) is 0 Å². The first-order valence-electron chi connectivity index (χ1n) is 25.2. The van der Waals surface area contributed by atoms with Gasteiger partial charge >= 0.3 is 37.7 Å². The molecule has 0 spiro atoms. The molecule has 2 atom stereocenters. The van der Waals surface area contributed by atoms with Crippen LogP contribution in [0.2, 0.25) is 0 Å². The van der Waals surface area contributed by atoms with E-state index in [1.54, 1.807) is 0 Å². The van der Waals surface area contributed by atoms with E-state index in [1.807, 2.05) is 0 Å². The van der Waals surface area contributed by atoms with Gasteiger partial charge in [-0.2, -0.15) is 0 Å². The first-order valence-corrected chi connectivity index (χ1v) is 25.2. The smallest absolute Gasteiger partial charge is 0.550 e. The van der Waals surface area contributed by atoms with Gasteiger partial charge in [-0.3, -0.25) is 0 Å². The van der Waals surface area contributed by atoms with Crippen LogP contribution in [0.1, 0.15) is 273 Å². The molecule has 7 heteroatoms. The van der Waals surface area contributed by atoms with Gasteiger partial charge < -0.3 is 29.6 Å². The molecule has 0 saturated heterocycles. The van der Waals surface area contributed by atoms with Crippen molar-refractivity contribution < 1.29 is 19.8 Å². The van der Waals surface area contributed by atoms with E-state index in [-0.39, 0.29) is 50.6 Å². The summed E-state index contributed by atoms with van der Waals surface area (Å²) in [7, 11) is 0. The molecule has 0 heterocycles. The van der Waals surface area contributed by atoms with Crippen molar-refractivity contribution in [2.75, 3.05) is 26.2 Å². The SMILES string of the molecule is CCCCCCCCN(CCCCCCCC)C(CCCCC)CCC(=O)[O-].CCCCCCCCN(CCCCCCCC)C(CCCCC)CCC(=O)[O-].[Ca+2]. The van der Waals surface area contributed by atoms with E-state index in [0.29, 0.717) is 12.1 Å². The van der Waals surface area contributed by atoms with Gasteiger partial charge in [0.05, 0.1) is 0 Å². The van der Waals surface area contributed by atoms with Gasteiger partial charge in [-0.05, 0) is 90.4 Å². The van der Waals surface area contributed by atoms with E-state index in [1.165, 1.54) is 193 Å². The topological polar surface area (TPSA) is 86.7 Å². The molecule has 57 heavy (non-hydrogen) atoms. The Morgan fingerprint density at radius 1 is 0.333 bits per heavy atom. The van der Waals surface area contributed by atoms with Crippen LogP contribution in [-0.4, -0.2) is 97.7 Å². The van der Waals surface area contributed by atoms with E-state index < -0.39 is 11.9 Å². The molecule has 0 aliphatic heterocycles. The largest absolute Gasteiger partial charge is 2.00 e. The standard InChI is InChI=1S/2C25H51NO2.Ca/c2*1-4-7-10-12-14-17-22-26(23-18-15-13-11-8-5-2)24(19-16-9-6-3)20-21-25(27)28;/h2*24H,4-23H2,1-3H3,(H,27,28);/q;;+2/p-2. The second-order valence-electron chi connectivity index (χ2n) is 17.3. The predicted octanol–water partition coefficient (Wildman–Crippen LogP) is 12.6. The molecule has 0 bridgehead atoms. The number of hydrogen-bond acceptors (Lipinski definition) is 6. The van der Waals surface area contributed by atoms with E-state index >= 15 is 0 Å². The average molecular weight is 833 g/mol. The summed E-state index contributed by atoms with van der Waals surface area (Å²) in [5.41, 5.74) is 0. The molecule has 2 unspecified atom stereocenters. The minimum Gasteiger partial charge on any atom is -0.550 e. The van der Waals surface area contributed by atoms with Gasteiger partial charge in [-0.25, -0.2) is 0 Å². The summed E-state index contributed by atoms with van der Waals surface area (Å²) < 4.78 is 0. The Balaban J connectivity index is -0.00000101. The third-order valence-electron chi connectivity index (χ3n) is 11.9. The molecule has 0 aromatic carbocycles. The van der Waals surface area contributed by atoms with Gasteiger partial charge in [0.1, 0.15) is 0 Å². The Bertz CT molecular complexity index is 704. The van der Waals surface area contributed by atoms with Crippen LogP contribution in [0.15, 0.2) is 0 Å². The monoisotopic (exact) mass is 833 g/mol. The van der Waals surface area contributed by atoms with Gasteiger partial charge in [0.25, 0.3) is 0 Å². The Morgan fingerprint density at radius 3 is 0.772 bits per heavy atom. The zero-order valence-corrected chi connectivity index (χ0v) is 41.9. The maximum atomic E-state index is 11.0. The summed E-state index contributed by atoms with van der Waals surface area (Å²) >= 11 is 0. The summed E-state index contributed by atoms with van der Waals surface area (Å²) in [6, 6.07) is 0.853. The van der Waals surface area contributed by atoms with Crippen LogP contribution in [0.4, 0.5) is 0 Å². The fraction of sp³-hybridized carbons (Fsp3) is 0.960. The van der Waals surface area contributed by atoms with Crippen LogP contribution in [-0.2, 0) is 9.59 Å². The minimum absolute atomic E-state index is 0. The average Bonchev–Trinajstić information content (AvgIpc) is 3.18. The zero-order chi connectivity index (χ0) is 41.7. The van der Waals surface area contributed by atoms with Crippen LogP contribution in [0.3, 0.4) is 0 Å². The third-order valence-corrected chi connectivity index (χ3v) is 11.9. The van der Waals surface area contributed by atoms with Crippen LogP contribution < -0.4 is 10.2 Å². The van der Waals surface area contributed by atoms with Crippen LogP contribution >= 0.6 is 0 Å². The van der Waals surface area contributed by atoms with Gasteiger partial charge in [0.2, 0.25) is 0 Å². The summed E-state index contributed by atoms with van der Waals surface area (Å²) in [6.45, 7) is 18.1. The number of carbonyl (C=O) groups excluding carboxylic acids is 2. The molecule has 0 aliphatic rings. The summed E-state index contributed by atoms with van der Waals surface area (Å²) in [5, 5.41) is 22.1. The fourth-order valence-corrected chi connectivity index (χ4v) is 8.18. The summed E-state index contributed by atoms with van der Waals surface area (Å²) in [4.78, 5) is 27.4. The van der Waals surface area contributed by atoms with E-state index in [9.17, 15) is 19.8 Å². The van der Waals surface area contributed by atoms with Crippen molar-refractivity contribution in [3.05, 3.63) is 0 Å². The van der Waals surface area contributed by atoms with Crippen molar-refractivity contribution in [2.24, 2.45) is 0 Å². The maximum absolute atomic E-state index is 11.0. The molecule has 0 amide bonds. The third kappa shape index (κ3) is 45.5. The number of hydrogen-bond donors (Lipinski definition) is 0. The number of rotatable bonds is 44. The molecule has 0 rings (SSSR count). The quantitative estimate of drug-likeness (QED) is 0.0449. The first-order chi connectivity index (χ1) is 27.3.